The molecule has 3 heteroatoms. The lowest BCUT2D eigenvalue weighted by atomic mass is 10.2. The number of thioether (sulfide) groups is 1. The van der Waals surface area contributed by atoms with Crippen molar-refractivity contribution in [3.8, 4) is 10.6 Å². The normalized spacial score (nSPS) is 11.0. The molecule has 2 aromatic carbocycles. The first kappa shape index (κ1) is 11.8. The Bertz CT molecular complexity index is 701. The van der Waals surface area contributed by atoms with Crippen LogP contribution in [0.4, 0.5) is 0 Å². The Labute approximate surface area is 115 Å². The molecule has 0 spiro atoms. The third-order valence-electron chi connectivity index (χ3n) is 2.88. The van der Waals surface area contributed by atoms with Crippen LogP contribution < -0.4 is 0 Å². The summed E-state index contributed by atoms with van der Waals surface area (Å²) < 4.78 is 1.26. The molecule has 90 valence electrons. The Morgan fingerprint density at radius 3 is 2.78 bits per heavy atom. The summed E-state index contributed by atoms with van der Waals surface area (Å²) in [5.74, 6) is 0. The average molecular weight is 271 g/mol. The third kappa shape index (κ3) is 2.04. The van der Waals surface area contributed by atoms with Gasteiger partial charge in [-0.05, 0) is 36.9 Å². The minimum absolute atomic E-state index is 1.10. The predicted molar refractivity (Wildman–Crippen MR) is 81.6 cm³/mol. The van der Waals surface area contributed by atoms with Gasteiger partial charge in [0.25, 0.3) is 0 Å². The number of hydrogen-bond donors (Lipinski definition) is 0. The highest BCUT2D eigenvalue weighted by molar-refractivity contribution is 7.98. The van der Waals surface area contributed by atoms with E-state index in [-0.39, 0.29) is 0 Å². The molecule has 0 fully saturated rings. The van der Waals surface area contributed by atoms with E-state index in [0.717, 1.165) is 10.5 Å². The Balaban J connectivity index is 2.19. The fraction of sp³-hybridized carbons (Fsp3) is 0.133. The molecule has 0 radical (unpaired) electrons. The number of hydrogen-bond acceptors (Lipinski definition) is 3. The first-order valence-corrected chi connectivity index (χ1v) is 7.82. The van der Waals surface area contributed by atoms with Crippen LogP contribution >= 0.6 is 23.1 Å². The lowest BCUT2D eigenvalue weighted by Crippen LogP contribution is -1.79. The van der Waals surface area contributed by atoms with Crippen LogP contribution in [0, 0.1) is 6.92 Å². The summed E-state index contributed by atoms with van der Waals surface area (Å²) in [6.45, 7) is 2.11. The largest absolute Gasteiger partial charge is 0.236 e. The second kappa shape index (κ2) is 4.75. The smallest absolute Gasteiger partial charge is 0.125 e. The maximum Gasteiger partial charge on any atom is 0.125 e. The molecule has 0 saturated carbocycles. The van der Waals surface area contributed by atoms with Gasteiger partial charge in [-0.3, -0.25) is 0 Å². The maximum absolute atomic E-state index is 4.76. The van der Waals surface area contributed by atoms with Crippen molar-refractivity contribution < 1.29 is 0 Å². The van der Waals surface area contributed by atoms with Crippen molar-refractivity contribution in [2.75, 3.05) is 6.26 Å². The van der Waals surface area contributed by atoms with E-state index < -0.39 is 0 Å². The number of rotatable bonds is 2. The first-order chi connectivity index (χ1) is 8.78. The summed E-state index contributed by atoms with van der Waals surface area (Å²) in [4.78, 5) is 6.04. The van der Waals surface area contributed by atoms with Crippen LogP contribution in [-0.2, 0) is 0 Å². The molecule has 1 aromatic heterocycles. The molecule has 0 aliphatic carbocycles. The van der Waals surface area contributed by atoms with Gasteiger partial charge in [-0.2, -0.15) is 0 Å². The lowest BCUT2D eigenvalue weighted by Gasteiger charge is -2.02. The van der Waals surface area contributed by atoms with Crippen LogP contribution in [0.25, 0.3) is 20.8 Å². The quantitative estimate of drug-likeness (QED) is 0.609. The molecule has 18 heavy (non-hydrogen) atoms. The van der Waals surface area contributed by atoms with Crippen LogP contribution in [0.5, 0.6) is 0 Å². The van der Waals surface area contributed by atoms with Crippen LogP contribution in [0.15, 0.2) is 47.4 Å². The molecule has 0 bridgehead atoms. The van der Waals surface area contributed by atoms with E-state index in [1.165, 1.54) is 20.7 Å². The molecule has 0 amide bonds. The Morgan fingerprint density at radius 2 is 1.94 bits per heavy atom. The predicted octanol–water partition coefficient (Wildman–Crippen LogP) is 4.99. The molecule has 0 N–H and O–H groups in total. The molecule has 1 nitrogen and oxygen atoms in total. The number of fused-ring (bicyclic) bond motifs is 1. The van der Waals surface area contributed by atoms with Crippen LogP contribution in [-0.4, -0.2) is 11.2 Å². The highest BCUT2D eigenvalue weighted by atomic mass is 32.2. The first-order valence-electron chi connectivity index (χ1n) is 5.78. The number of thiazole rings is 1. The van der Waals surface area contributed by atoms with Crippen molar-refractivity contribution in [3.05, 3.63) is 48.0 Å². The van der Waals surface area contributed by atoms with Gasteiger partial charge in [0.05, 0.1) is 10.2 Å². The van der Waals surface area contributed by atoms with E-state index in [2.05, 4.69) is 55.6 Å². The summed E-state index contributed by atoms with van der Waals surface area (Å²) in [6.07, 6.45) is 2.11. The number of benzene rings is 2. The Hall–Kier alpha value is -1.32. The Morgan fingerprint density at radius 1 is 1.11 bits per heavy atom. The molecule has 0 aliphatic heterocycles. The van der Waals surface area contributed by atoms with E-state index in [1.807, 2.05) is 0 Å². The molecule has 3 rings (SSSR count). The molecule has 0 saturated heterocycles. The van der Waals surface area contributed by atoms with Crippen molar-refractivity contribution >= 4 is 33.3 Å². The van der Waals surface area contributed by atoms with E-state index in [4.69, 9.17) is 4.98 Å². The van der Waals surface area contributed by atoms with Gasteiger partial charge in [-0.25, -0.2) is 4.98 Å². The number of aryl methyl sites for hydroxylation is 1. The fourth-order valence-corrected chi connectivity index (χ4v) is 3.62. The highest BCUT2D eigenvalue weighted by Gasteiger charge is 2.09. The van der Waals surface area contributed by atoms with E-state index in [9.17, 15) is 0 Å². The molecule has 1 heterocycles. The van der Waals surface area contributed by atoms with Crippen LogP contribution in [0.3, 0.4) is 0 Å². The summed E-state index contributed by atoms with van der Waals surface area (Å²) in [5, 5.41) is 1.11. The van der Waals surface area contributed by atoms with Gasteiger partial charge in [-0.15, -0.1) is 23.1 Å². The zero-order valence-electron chi connectivity index (χ0n) is 10.3. The van der Waals surface area contributed by atoms with Gasteiger partial charge in [0, 0.05) is 10.5 Å². The van der Waals surface area contributed by atoms with Gasteiger partial charge in [-0.1, -0.05) is 24.3 Å². The fourth-order valence-electron chi connectivity index (χ4n) is 1.97. The van der Waals surface area contributed by atoms with Gasteiger partial charge in [0.1, 0.15) is 5.01 Å². The Kier molecular flexibility index (Phi) is 3.10. The second-order valence-corrected chi connectivity index (χ2v) is 6.07. The van der Waals surface area contributed by atoms with Gasteiger partial charge < -0.3 is 0 Å². The van der Waals surface area contributed by atoms with E-state index >= 15 is 0 Å². The molecule has 3 aromatic rings. The highest BCUT2D eigenvalue weighted by Crippen LogP contribution is 2.35. The monoisotopic (exact) mass is 271 g/mol. The molecule has 0 atom stereocenters. The van der Waals surface area contributed by atoms with Crippen molar-refractivity contribution in [1.82, 2.24) is 4.98 Å². The SMILES string of the molecule is CSc1ccccc1-c1nc2cc(C)ccc2s1. The summed E-state index contributed by atoms with van der Waals surface area (Å²) in [5.41, 5.74) is 3.60. The van der Waals surface area contributed by atoms with Crippen molar-refractivity contribution in [2.24, 2.45) is 0 Å². The third-order valence-corrected chi connectivity index (χ3v) is 4.75. The summed E-state index contributed by atoms with van der Waals surface area (Å²) in [6, 6.07) is 14.9. The molecular weight excluding hydrogens is 258 g/mol. The zero-order chi connectivity index (χ0) is 12.5. The average Bonchev–Trinajstić information content (AvgIpc) is 2.81. The standard InChI is InChI=1S/C15H13NS2/c1-10-7-8-14-12(9-10)16-15(18-14)11-5-3-4-6-13(11)17-2/h3-9H,1-2H3. The lowest BCUT2D eigenvalue weighted by molar-refractivity contribution is 1.39. The number of nitrogens with zero attached hydrogens (tertiary/aromatic N) is 1. The van der Waals surface area contributed by atoms with Crippen molar-refractivity contribution in [3.63, 3.8) is 0 Å². The minimum Gasteiger partial charge on any atom is -0.236 e. The summed E-state index contributed by atoms with van der Waals surface area (Å²) >= 11 is 3.53. The van der Waals surface area contributed by atoms with Gasteiger partial charge in [0.15, 0.2) is 0 Å². The maximum atomic E-state index is 4.76. The second-order valence-electron chi connectivity index (χ2n) is 4.19. The van der Waals surface area contributed by atoms with Gasteiger partial charge >= 0.3 is 0 Å². The van der Waals surface area contributed by atoms with Crippen molar-refractivity contribution in [1.29, 1.82) is 0 Å². The van der Waals surface area contributed by atoms with E-state index in [0.29, 0.717) is 0 Å². The number of aromatic nitrogens is 1. The topological polar surface area (TPSA) is 12.9 Å². The minimum atomic E-state index is 1.10. The van der Waals surface area contributed by atoms with E-state index in [1.54, 1.807) is 23.1 Å². The van der Waals surface area contributed by atoms with Crippen LogP contribution in [0.1, 0.15) is 5.56 Å². The zero-order valence-corrected chi connectivity index (χ0v) is 11.9. The van der Waals surface area contributed by atoms with Crippen molar-refractivity contribution in [2.45, 2.75) is 11.8 Å². The molecule has 0 aliphatic rings. The molecular formula is C15H13NS2. The van der Waals surface area contributed by atoms with Crippen LogP contribution in [0.2, 0.25) is 0 Å². The van der Waals surface area contributed by atoms with Gasteiger partial charge in [0.2, 0.25) is 0 Å². The summed E-state index contributed by atoms with van der Waals surface area (Å²) in [7, 11) is 0. The molecule has 0 unspecified atom stereocenters.